The largest absolute Gasteiger partial charge is 0.490 e. The quantitative estimate of drug-likeness (QED) is 0.533. The molecule has 1 aromatic carbocycles. The second-order valence-electron chi connectivity index (χ2n) is 3.90. The zero-order valence-corrected chi connectivity index (χ0v) is 11.2. The molecular formula is C13H11ClN4O2. The van der Waals surface area contributed by atoms with Crippen LogP contribution in [-0.4, -0.2) is 32.8 Å². The van der Waals surface area contributed by atoms with Crippen LogP contribution in [0, 0.1) is 0 Å². The third-order valence-electron chi connectivity index (χ3n) is 2.53. The van der Waals surface area contributed by atoms with E-state index in [4.69, 9.17) is 21.1 Å². The highest BCUT2D eigenvalue weighted by Crippen LogP contribution is 2.16. The monoisotopic (exact) mass is 290 g/mol. The van der Waals surface area contributed by atoms with Crippen molar-refractivity contribution < 1.29 is 9.47 Å². The lowest BCUT2D eigenvalue weighted by atomic mass is 10.3. The summed E-state index contributed by atoms with van der Waals surface area (Å²) in [7, 11) is 0. The first-order valence-corrected chi connectivity index (χ1v) is 6.38. The van der Waals surface area contributed by atoms with Gasteiger partial charge in [0.15, 0.2) is 0 Å². The van der Waals surface area contributed by atoms with E-state index in [9.17, 15) is 0 Å². The van der Waals surface area contributed by atoms with E-state index in [0.29, 0.717) is 30.0 Å². The molecular weight excluding hydrogens is 280 g/mol. The standard InChI is InChI=1S/C13H11ClN4O2/c14-11-8-12(18-13(17-11)15-9-16-18)20-7-6-19-10-4-2-1-3-5-10/h1-5,8-9H,6-7H2. The van der Waals surface area contributed by atoms with E-state index < -0.39 is 0 Å². The van der Waals surface area contributed by atoms with Gasteiger partial charge in [-0.2, -0.15) is 19.6 Å². The molecule has 0 amide bonds. The summed E-state index contributed by atoms with van der Waals surface area (Å²) in [6.45, 7) is 0.782. The molecule has 0 bridgehead atoms. The molecule has 3 rings (SSSR count). The van der Waals surface area contributed by atoms with Crippen LogP contribution in [0.15, 0.2) is 42.7 Å². The molecule has 3 aromatic rings. The van der Waals surface area contributed by atoms with Crippen LogP contribution in [-0.2, 0) is 0 Å². The minimum atomic E-state index is 0.310. The van der Waals surface area contributed by atoms with Crippen molar-refractivity contribution in [3.8, 4) is 11.6 Å². The molecule has 6 nitrogen and oxygen atoms in total. The number of ether oxygens (including phenoxy) is 2. The molecule has 0 aliphatic carbocycles. The van der Waals surface area contributed by atoms with Crippen LogP contribution < -0.4 is 9.47 Å². The Morgan fingerprint density at radius 3 is 2.75 bits per heavy atom. The second-order valence-corrected chi connectivity index (χ2v) is 4.29. The highest BCUT2D eigenvalue weighted by atomic mass is 35.5. The first-order chi connectivity index (χ1) is 9.83. The van der Waals surface area contributed by atoms with Gasteiger partial charge in [-0.25, -0.2) is 0 Å². The van der Waals surface area contributed by atoms with Crippen LogP contribution >= 0.6 is 11.6 Å². The first kappa shape index (κ1) is 12.7. The molecule has 0 fully saturated rings. The predicted octanol–water partition coefficient (Wildman–Crippen LogP) is 2.24. The van der Waals surface area contributed by atoms with E-state index in [1.165, 1.54) is 10.8 Å². The maximum Gasteiger partial charge on any atom is 0.256 e. The molecule has 0 spiro atoms. The average molecular weight is 291 g/mol. The summed E-state index contributed by atoms with van der Waals surface area (Å²) in [6, 6.07) is 11.1. The molecule has 0 N–H and O–H groups in total. The van der Waals surface area contributed by atoms with Gasteiger partial charge in [0, 0.05) is 6.07 Å². The first-order valence-electron chi connectivity index (χ1n) is 6.00. The Balaban J connectivity index is 1.61. The Labute approximate surface area is 119 Å². The van der Waals surface area contributed by atoms with Crippen molar-refractivity contribution in [2.45, 2.75) is 0 Å². The second kappa shape index (κ2) is 5.75. The average Bonchev–Trinajstić information content (AvgIpc) is 2.92. The molecule has 0 atom stereocenters. The summed E-state index contributed by atoms with van der Waals surface area (Å²) < 4.78 is 12.6. The summed E-state index contributed by atoms with van der Waals surface area (Å²) in [5.41, 5.74) is 0. The number of aromatic nitrogens is 4. The summed E-state index contributed by atoms with van der Waals surface area (Å²) in [4.78, 5) is 7.98. The fourth-order valence-electron chi connectivity index (χ4n) is 1.68. The van der Waals surface area contributed by atoms with E-state index in [1.807, 2.05) is 30.3 Å². The molecule has 0 saturated heterocycles. The Morgan fingerprint density at radius 2 is 1.90 bits per heavy atom. The lowest BCUT2D eigenvalue weighted by Gasteiger charge is -2.09. The lowest BCUT2D eigenvalue weighted by Crippen LogP contribution is -2.11. The van der Waals surface area contributed by atoms with Crippen molar-refractivity contribution in [2.75, 3.05) is 13.2 Å². The minimum absolute atomic E-state index is 0.310. The highest BCUT2D eigenvalue weighted by Gasteiger charge is 2.07. The molecule has 0 aliphatic heterocycles. The molecule has 2 heterocycles. The topological polar surface area (TPSA) is 61.5 Å². The summed E-state index contributed by atoms with van der Waals surface area (Å²) in [5.74, 6) is 1.68. The smallest absolute Gasteiger partial charge is 0.256 e. The summed E-state index contributed by atoms with van der Waals surface area (Å²) in [5, 5.41) is 4.32. The number of hydrogen-bond acceptors (Lipinski definition) is 5. The summed E-state index contributed by atoms with van der Waals surface area (Å²) >= 11 is 5.89. The SMILES string of the molecule is Clc1cc(OCCOc2ccccc2)n2ncnc2n1. The van der Waals surface area contributed by atoms with E-state index in [0.717, 1.165) is 5.75 Å². The van der Waals surface area contributed by atoms with Gasteiger partial charge in [0.05, 0.1) is 0 Å². The third-order valence-corrected chi connectivity index (χ3v) is 2.73. The number of rotatable bonds is 5. The maximum absolute atomic E-state index is 5.89. The van der Waals surface area contributed by atoms with E-state index >= 15 is 0 Å². The normalized spacial score (nSPS) is 10.7. The minimum Gasteiger partial charge on any atom is -0.490 e. The Kier molecular flexibility index (Phi) is 3.64. The van der Waals surface area contributed by atoms with Gasteiger partial charge in [-0.1, -0.05) is 29.8 Å². The van der Waals surface area contributed by atoms with Crippen LogP contribution in [0.2, 0.25) is 5.15 Å². The fourth-order valence-corrected chi connectivity index (χ4v) is 1.85. The third kappa shape index (κ3) is 2.80. The van der Waals surface area contributed by atoms with Crippen LogP contribution in [0.25, 0.3) is 5.78 Å². The maximum atomic E-state index is 5.89. The number of hydrogen-bond donors (Lipinski definition) is 0. The Hall–Kier alpha value is -2.34. The van der Waals surface area contributed by atoms with E-state index in [1.54, 1.807) is 6.07 Å². The molecule has 0 radical (unpaired) electrons. The molecule has 20 heavy (non-hydrogen) atoms. The zero-order valence-electron chi connectivity index (χ0n) is 10.4. The van der Waals surface area contributed by atoms with Gasteiger partial charge >= 0.3 is 0 Å². The van der Waals surface area contributed by atoms with Gasteiger partial charge in [0.25, 0.3) is 5.78 Å². The lowest BCUT2D eigenvalue weighted by molar-refractivity contribution is 0.208. The number of fused-ring (bicyclic) bond motifs is 1. The zero-order chi connectivity index (χ0) is 13.8. The van der Waals surface area contributed by atoms with Crippen molar-refractivity contribution in [1.82, 2.24) is 19.6 Å². The molecule has 0 unspecified atom stereocenters. The van der Waals surface area contributed by atoms with Crippen molar-refractivity contribution in [1.29, 1.82) is 0 Å². The predicted molar refractivity (Wildman–Crippen MR) is 73.2 cm³/mol. The molecule has 0 aliphatic rings. The van der Waals surface area contributed by atoms with Crippen LogP contribution in [0.4, 0.5) is 0 Å². The van der Waals surface area contributed by atoms with Gasteiger partial charge in [0.1, 0.15) is 30.4 Å². The number of halogens is 1. The number of nitrogens with zero attached hydrogens (tertiary/aromatic N) is 4. The Bertz CT molecular complexity index is 702. The van der Waals surface area contributed by atoms with Crippen molar-refractivity contribution in [2.24, 2.45) is 0 Å². The Morgan fingerprint density at radius 1 is 1.10 bits per heavy atom. The highest BCUT2D eigenvalue weighted by molar-refractivity contribution is 6.29. The summed E-state index contributed by atoms with van der Waals surface area (Å²) in [6.07, 6.45) is 1.39. The molecule has 2 aromatic heterocycles. The number of benzene rings is 1. The molecule has 102 valence electrons. The van der Waals surface area contributed by atoms with Gasteiger partial charge < -0.3 is 9.47 Å². The van der Waals surface area contributed by atoms with Crippen molar-refractivity contribution in [3.63, 3.8) is 0 Å². The van der Waals surface area contributed by atoms with Gasteiger partial charge in [-0.05, 0) is 12.1 Å². The molecule has 0 saturated carbocycles. The van der Waals surface area contributed by atoms with E-state index in [-0.39, 0.29) is 0 Å². The van der Waals surface area contributed by atoms with Gasteiger partial charge in [-0.3, -0.25) is 0 Å². The van der Waals surface area contributed by atoms with Crippen LogP contribution in [0.3, 0.4) is 0 Å². The molecule has 7 heteroatoms. The van der Waals surface area contributed by atoms with Crippen LogP contribution in [0.1, 0.15) is 0 Å². The van der Waals surface area contributed by atoms with Crippen molar-refractivity contribution in [3.05, 3.63) is 47.9 Å². The fraction of sp³-hybridized carbons (Fsp3) is 0.154. The van der Waals surface area contributed by atoms with Gasteiger partial charge in [-0.15, -0.1) is 0 Å². The van der Waals surface area contributed by atoms with Crippen molar-refractivity contribution >= 4 is 17.4 Å². The number of para-hydroxylation sites is 1. The van der Waals surface area contributed by atoms with Crippen LogP contribution in [0.5, 0.6) is 11.6 Å². The van der Waals surface area contributed by atoms with Gasteiger partial charge in [0.2, 0.25) is 5.88 Å². The van der Waals surface area contributed by atoms with E-state index in [2.05, 4.69) is 15.1 Å².